The van der Waals surface area contributed by atoms with Gasteiger partial charge in [0.2, 0.25) is 0 Å². The van der Waals surface area contributed by atoms with Gasteiger partial charge in [-0.1, -0.05) is 140 Å². The van der Waals surface area contributed by atoms with E-state index in [-0.39, 0.29) is 0 Å². The van der Waals surface area contributed by atoms with E-state index < -0.39 is 0 Å². The Morgan fingerprint density at radius 1 is 0.478 bits per heavy atom. The molecular weight excluding hydrogens is 555 g/mol. The summed E-state index contributed by atoms with van der Waals surface area (Å²) >= 11 is 0. The fourth-order valence-electron chi connectivity index (χ4n) is 7.10. The van der Waals surface area contributed by atoms with E-state index >= 15 is 0 Å². The maximum Gasteiger partial charge on any atom is 0.0541 e. The van der Waals surface area contributed by atoms with Crippen LogP contribution < -0.4 is 0 Å². The zero-order valence-corrected chi connectivity index (χ0v) is 25.8. The maximum atomic E-state index is 4.24. The quantitative estimate of drug-likeness (QED) is 0.171. The molecule has 0 bridgehead atoms. The molecule has 1 heterocycles. The highest BCUT2D eigenvalue weighted by atomic mass is 15.0. The van der Waals surface area contributed by atoms with Gasteiger partial charge < -0.3 is 4.57 Å². The summed E-state index contributed by atoms with van der Waals surface area (Å²) in [5.74, 6) is 0. The fourth-order valence-corrected chi connectivity index (χ4v) is 7.10. The molecule has 0 N–H and O–H groups in total. The molecule has 1 heteroatoms. The van der Waals surface area contributed by atoms with Gasteiger partial charge in [0.05, 0.1) is 11.2 Å². The topological polar surface area (TPSA) is 4.93 Å². The second-order valence-electron chi connectivity index (χ2n) is 11.7. The number of para-hydroxylation sites is 1. The Morgan fingerprint density at radius 2 is 0.978 bits per heavy atom. The van der Waals surface area contributed by atoms with E-state index in [9.17, 15) is 0 Å². The van der Waals surface area contributed by atoms with Gasteiger partial charge >= 0.3 is 0 Å². The molecule has 0 atom stereocenters. The summed E-state index contributed by atoms with van der Waals surface area (Å²) in [6.45, 7) is 6.31. The normalized spacial score (nSPS) is 11.6. The predicted octanol–water partition coefficient (Wildman–Crippen LogP) is 12.6. The summed E-state index contributed by atoms with van der Waals surface area (Å²) in [6.07, 6.45) is 6.28. The number of benzene rings is 7. The Labute approximate surface area is 270 Å². The van der Waals surface area contributed by atoms with Crippen molar-refractivity contribution in [2.45, 2.75) is 6.92 Å². The largest absolute Gasteiger partial charge is 0.309 e. The van der Waals surface area contributed by atoms with Crippen LogP contribution in [-0.4, -0.2) is 4.57 Å². The van der Waals surface area contributed by atoms with Gasteiger partial charge in [0.15, 0.2) is 0 Å². The first kappa shape index (κ1) is 27.6. The van der Waals surface area contributed by atoms with Crippen LogP contribution in [0.1, 0.15) is 18.2 Å². The minimum absolute atomic E-state index is 1.14. The van der Waals surface area contributed by atoms with Gasteiger partial charge in [0.25, 0.3) is 0 Å². The minimum Gasteiger partial charge on any atom is -0.309 e. The molecule has 218 valence electrons. The van der Waals surface area contributed by atoms with E-state index in [1.807, 2.05) is 6.08 Å². The fraction of sp³-hybridized carbons (Fsp3) is 0.0222. The molecule has 7 aromatic carbocycles. The number of hydrogen-bond acceptors (Lipinski definition) is 0. The second-order valence-corrected chi connectivity index (χ2v) is 11.7. The van der Waals surface area contributed by atoms with Gasteiger partial charge in [-0.05, 0) is 98.3 Å². The standard InChI is InChI=1S/C45H33N/c1-3-16-42-36(4-2)40-29-34(26-28-43(40)46(42)35-21-12-7-13-22-35)33-25-27-39-41(30-33)45(32-19-10-6-11-20-32)38-24-15-14-23-37(38)44(39)31-17-8-5-9-18-31/h3-30H,2H2,1H3/b16-3-. The lowest BCUT2D eigenvalue weighted by molar-refractivity contribution is 1.10. The minimum atomic E-state index is 1.14. The van der Waals surface area contributed by atoms with Gasteiger partial charge in [-0.25, -0.2) is 0 Å². The zero-order valence-electron chi connectivity index (χ0n) is 25.8. The van der Waals surface area contributed by atoms with Crippen molar-refractivity contribution in [3.63, 3.8) is 0 Å². The summed E-state index contributed by atoms with van der Waals surface area (Å²) in [4.78, 5) is 0. The van der Waals surface area contributed by atoms with Crippen LogP contribution in [0, 0.1) is 0 Å². The number of nitrogens with zero attached hydrogens (tertiary/aromatic N) is 1. The molecule has 1 aromatic heterocycles. The van der Waals surface area contributed by atoms with Crippen LogP contribution in [-0.2, 0) is 0 Å². The van der Waals surface area contributed by atoms with Gasteiger partial charge in [0.1, 0.15) is 0 Å². The van der Waals surface area contributed by atoms with E-state index in [0.29, 0.717) is 0 Å². The van der Waals surface area contributed by atoms with Crippen molar-refractivity contribution in [2.24, 2.45) is 0 Å². The molecule has 0 saturated heterocycles. The van der Waals surface area contributed by atoms with E-state index in [0.717, 1.165) is 16.9 Å². The summed E-state index contributed by atoms with van der Waals surface area (Å²) in [6, 6.07) is 54.9. The van der Waals surface area contributed by atoms with Crippen molar-refractivity contribution in [3.05, 3.63) is 176 Å². The maximum absolute atomic E-state index is 4.24. The summed E-state index contributed by atoms with van der Waals surface area (Å²) in [5.41, 5.74) is 12.0. The Kier molecular flexibility index (Phi) is 6.93. The van der Waals surface area contributed by atoms with Crippen LogP contribution in [0.2, 0.25) is 0 Å². The van der Waals surface area contributed by atoms with Crippen molar-refractivity contribution in [2.75, 3.05) is 0 Å². The number of fused-ring (bicyclic) bond motifs is 3. The lowest BCUT2D eigenvalue weighted by atomic mass is 9.85. The van der Waals surface area contributed by atoms with E-state index in [1.54, 1.807) is 0 Å². The third kappa shape index (κ3) is 4.48. The van der Waals surface area contributed by atoms with Crippen molar-refractivity contribution >= 4 is 44.6 Å². The molecule has 0 saturated carbocycles. The zero-order chi connectivity index (χ0) is 31.0. The molecule has 1 nitrogen and oxygen atoms in total. The second kappa shape index (κ2) is 11.5. The number of allylic oxidation sites excluding steroid dienone is 1. The average molecular weight is 588 g/mol. The Balaban J connectivity index is 1.43. The van der Waals surface area contributed by atoms with E-state index in [2.05, 4.69) is 182 Å². The SMILES string of the molecule is C=Cc1c(/C=C\C)n(-c2ccccc2)c2ccc(-c3ccc4c(-c5ccccc5)c5ccccc5c(-c5ccccc5)c4c3)cc12. The van der Waals surface area contributed by atoms with Gasteiger partial charge in [0, 0.05) is 16.6 Å². The van der Waals surface area contributed by atoms with Crippen LogP contribution in [0.25, 0.3) is 83.7 Å². The van der Waals surface area contributed by atoms with Gasteiger partial charge in [-0.3, -0.25) is 0 Å². The van der Waals surface area contributed by atoms with Crippen LogP contribution >= 0.6 is 0 Å². The first-order chi connectivity index (χ1) is 22.8. The highest BCUT2D eigenvalue weighted by molar-refractivity contribution is 6.22. The molecular formula is C45H33N. The number of hydrogen-bond donors (Lipinski definition) is 0. The van der Waals surface area contributed by atoms with Crippen molar-refractivity contribution < 1.29 is 0 Å². The Morgan fingerprint density at radius 3 is 1.57 bits per heavy atom. The number of rotatable bonds is 6. The van der Waals surface area contributed by atoms with Crippen molar-refractivity contribution in [3.8, 4) is 39.1 Å². The third-order valence-corrected chi connectivity index (χ3v) is 9.07. The molecule has 0 aliphatic heterocycles. The molecule has 0 unspecified atom stereocenters. The number of aromatic nitrogens is 1. The van der Waals surface area contributed by atoms with Crippen LogP contribution in [0.3, 0.4) is 0 Å². The molecule has 8 aromatic rings. The highest BCUT2D eigenvalue weighted by Crippen LogP contribution is 2.45. The predicted molar refractivity (Wildman–Crippen MR) is 199 cm³/mol. The lowest BCUT2D eigenvalue weighted by Gasteiger charge is -2.18. The molecule has 0 fully saturated rings. The molecule has 0 amide bonds. The molecule has 8 rings (SSSR count). The van der Waals surface area contributed by atoms with E-state index in [1.165, 1.54) is 65.8 Å². The smallest absolute Gasteiger partial charge is 0.0541 e. The molecule has 0 spiro atoms. The summed E-state index contributed by atoms with van der Waals surface area (Å²) in [5, 5.41) is 6.23. The first-order valence-electron chi connectivity index (χ1n) is 15.9. The first-order valence-corrected chi connectivity index (χ1v) is 15.9. The van der Waals surface area contributed by atoms with Gasteiger partial charge in [-0.15, -0.1) is 0 Å². The van der Waals surface area contributed by atoms with Gasteiger partial charge in [-0.2, -0.15) is 0 Å². The highest BCUT2D eigenvalue weighted by Gasteiger charge is 2.19. The average Bonchev–Trinajstić information content (AvgIpc) is 3.43. The van der Waals surface area contributed by atoms with Crippen LogP contribution in [0.5, 0.6) is 0 Å². The molecule has 0 radical (unpaired) electrons. The lowest BCUT2D eigenvalue weighted by Crippen LogP contribution is -1.96. The molecule has 46 heavy (non-hydrogen) atoms. The van der Waals surface area contributed by atoms with E-state index in [4.69, 9.17) is 0 Å². The Bertz CT molecular complexity index is 2410. The van der Waals surface area contributed by atoms with Crippen molar-refractivity contribution in [1.82, 2.24) is 4.57 Å². The Hall–Kier alpha value is -5.92. The summed E-state index contributed by atoms with van der Waals surface area (Å²) in [7, 11) is 0. The summed E-state index contributed by atoms with van der Waals surface area (Å²) < 4.78 is 2.34. The third-order valence-electron chi connectivity index (χ3n) is 9.07. The van der Waals surface area contributed by atoms with Crippen LogP contribution in [0.4, 0.5) is 0 Å². The van der Waals surface area contributed by atoms with Crippen molar-refractivity contribution in [1.29, 1.82) is 0 Å². The molecule has 0 aliphatic rings. The molecule has 0 aliphatic carbocycles. The monoisotopic (exact) mass is 587 g/mol. The van der Waals surface area contributed by atoms with Crippen LogP contribution in [0.15, 0.2) is 164 Å².